The molecule has 1 aliphatic rings. The van der Waals surface area contributed by atoms with E-state index in [-0.39, 0.29) is 23.0 Å². The van der Waals surface area contributed by atoms with Gasteiger partial charge >= 0.3 is 0 Å². The maximum atomic E-state index is 11.7. The highest BCUT2D eigenvalue weighted by atomic mass is 16.2. The van der Waals surface area contributed by atoms with E-state index in [0.29, 0.717) is 19.5 Å². The van der Waals surface area contributed by atoms with E-state index >= 15 is 0 Å². The number of hydrogen-bond donors (Lipinski definition) is 0. The monoisotopic (exact) mass is 197 g/mol. The lowest BCUT2D eigenvalue weighted by atomic mass is 9.82. The molecule has 0 aromatic heterocycles. The quantitative estimate of drug-likeness (QED) is 0.638. The number of Topliss-reactive ketones (excluding diaryl/α,β-unsaturated/α-hetero) is 1. The Morgan fingerprint density at radius 2 is 2.00 bits per heavy atom. The molecule has 80 valence electrons. The zero-order valence-electron chi connectivity index (χ0n) is 9.46. The molecule has 0 unspecified atom stereocenters. The number of hydrogen-bond acceptors (Lipinski definition) is 2. The second-order valence-corrected chi connectivity index (χ2v) is 4.97. The second-order valence-electron chi connectivity index (χ2n) is 4.97. The fraction of sp³-hybridized carbons (Fsp3) is 0.818. The van der Waals surface area contributed by atoms with Gasteiger partial charge in [0.2, 0.25) is 5.91 Å². The smallest absolute Gasteiger partial charge is 0.225 e. The highest BCUT2D eigenvalue weighted by molar-refractivity contribution is 5.88. The van der Waals surface area contributed by atoms with E-state index < -0.39 is 0 Å². The van der Waals surface area contributed by atoms with Crippen LogP contribution in [0, 0.1) is 11.3 Å². The molecule has 0 N–H and O–H groups in total. The Bertz CT molecular complexity index is 256. The van der Waals surface area contributed by atoms with Crippen LogP contribution in [0.1, 0.15) is 34.1 Å². The molecule has 1 amide bonds. The first-order valence-electron chi connectivity index (χ1n) is 5.16. The van der Waals surface area contributed by atoms with Crippen molar-refractivity contribution in [1.82, 2.24) is 4.90 Å². The van der Waals surface area contributed by atoms with Crippen LogP contribution in [0.25, 0.3) is 0 Å². The van der Waals surface area contributed by atoms with E-state index in [1.54, 1.807) is 0 Å². The first kappa shape index (κ1) is 11.2. The molecule has 0 atom stereocenters. The topological polar surface area (TPSA) is 37.4 Å². The number of carbonyl (C=O) groups is 2. The first-order valence-corrected chi connectivity index (χ1v) is 5.16. The highest BCUT2D eigenvalue weighted by Crippen LogP contribution is 2.25. The van der Waals surface area contributed by atoms with Crippen molar-refractivity contribution in [3.63, 3.8) is 0 Å². The molecule has 0 saturated carbocycles. The molecule has 1 fully saturated rings. The van der Waals surface area contributed by atoms with Crippen molar-refractivity contribution in [1.29, 1.82) is 0 Å². The molecule has 0 bridgehead atoms. The van der Waals surface area contributed by atoms with Crippen LogP contribution < -0.4 is 0 Å². The van der Waals surface area contributed by atoms with Gasteiger partial charge in [0, 0.05) is 30.8 Å². The van der Waals surface area contributed by atoms with Gasteiger partial charge in [-0.3, -0.25) is 9.59 Å². The van der Waals surface area contributed by atoms with Gasteiger partial charge < -0.3 is 4.90 Å². The maximum absolute atomic E-state index is 11.7. The summed E-state index contributed by atoms with van der Waals surface area (Å²) >= 11 is 0. The Labute approximate surface area is 85.5 Å². The maximum Gasteiger partial charge on any atom is 0.225 e. The van der Waals surface area contributed by atoms with Crippen LogP contribution in [0.5, 0.6) is 0 Å². The summed E-state index contributed by atoms with van der Waals surface area (Å²) < 4.78 is 0. The molecule has 0 aromatic carbocycles. The summed E-state index contributed by atoms with van der Waals surface area (Å²) in [7, 11) is 0. The van der Waals surface area contributed by atoms with Gasteiger partial charge in [-0.05, 0) is 0 Å². The molecular weight excluding hydrogens is 178 g/mol. The van der Waals surface area contributed by atoms with Gasteiger partial charge in [-0.2, -0.15) is 0 Å². The van der Waals surface area contributed by atoms with Gasteiger partial charge in [-0.15, -0.1) is 0 Å². The minimum atomic E-state index is -0.358. The second kappa shape index (κ2) is 3.71. The zero-order chi connectivity index (χ0) is 10.9. The van der Waals surface area contributed by atoms with E-state index in [2.05, 4.69) is 0 Å². The number of piperidine rings is 1. The fourth-order valence-electron chi connectivity index (χ4n) is 1.77. The van der Waals surface area contributed by atoms with Crippen molar-refractivity contribution in [3.8, 4) is 0 Å². The summed E-state index contributed by atoms with van der Waals surface area (Å²) in [6.45, 7) is 8.78. The average Bonchev–Trinajstić information content (AvgIpc) is 2.08. The van der Waals surface area contributed by atoms with Crippen molar-refractivity contribution < 1.29 is 9.59 Å². The summed E-state index contributed by atoms with van der Waals surface area (Å²) in [4.78, 5) is 25.0. The normalized spacial score (nSPS) is 21.5. The predicted octanol–water partition coefficient (Wildman–Crippen LogP) is 1.47. The first-order chi connectivity index (χ1) is 6.34. The zero-order valence-corrected chi connectivity index (χ0v) is 9.46. The largest absolute Gasteiger partial charge is 0.341 e. The van der Waals surface area contributed by atoms with Crippen LogP contribution in [0.4, 0.5) is 0 Å². The Hall–Kier alpha value is -0.860. The number of carbonyl (C=O) groups excluding carboxylic acids is 2. The third kappa shape index (κ3) is 2.14. The third-order valence-electron chi connectivity index (χ3n) is 2.76. The minimum Gasteiger partial charge on any atom is -0.341 e. The van der Waals surface area contributed by atoms with Crippen molar-refractivity contribution >= 4 is 11.7 Å². The van der Waals surface area contributed by atoms with Crippen LogP contribution in [-0.4, -0.2) is 29.7 Å². The minimum absolute atomic E-state index is 0.0269. The Morgan fingerprint density at radius 3 is 2.43 bits per heavy atom. The molecular formula is C11H19NO2. The summed E-state index contributed by atoms with van der Waals surface area (Å²) in [6, 6.07) is 0. The van der Waals surface area contributed by atoms with Crippen LogP contribution in [-0.2, 0) is 9.59 Å². The standard InChI is InChI=1S/C11H19NO2/c1-8(2)10(14)12-6-5-9(13)11(3,4)7-12/h8H,5-7H2,1-4H3. The lowest BCUT2D eigenvalue weighted by Gasteiger charge is -2.37. The van der Waals surface area contributed by atoms with Gasteiger partial charge in [0.05, 0.1) is 0 Å². The van der Waals surface area contributed by atoms with Gasteiger partial charge in [0.25, 0.3) is 0 Å². The molecule has 3 heteroatoms. The van der Waals surface area contributed by atoms with E-state index in [9.17, 15) is 9.59 Å². The number of nitrogens with zero attached hydrogens (tertiary/aromatic N) is 1. The molecule has 0 spiro atoms. The van der Waals surface area contributed by atoms with Gasteiger partial charge in [-0.25, -0.2) is 0 Å². The molecule has 0 aliphatic carbocycles. The molecule has 0 radical (unpaired) electrons. The SMILES string of the molecule is CC(C)C(=O)N1CCC(=O)C(C)(C)C1. The number of amides is 1. The van der Waals surface area contributed by atoms with Crippen molar-refractivity contribution in [2.75, 3.05) is 13.1 Å². The lowest BCUT2D eigenvalue weighted by Crippen LogP contribution is -2.49. The van der Waals surface area contributed by atoms with Gasteiger partial charge in [-0.1, -0.05) is 27.7 Å². The van der Waals surface area contributed by atoms with Crippen LogP contribution in [0.2, 0.25) is 0 Å². The average molecular weight is 197 g/mol. The summed E-state index contributed by atoms with van der Waals surface area (Å²) in [6.07, 6.45) is 0.505. The third-order valence-corrected chi connectivity index (χ3v) is 2.76. The molecule has 1 rings (SSSR count). The fourth-order valence-corrected chi connectivity index (χ4v) is 1.77. The summed E-state index contributed by atoms with van der Waals surface area (Å²) in [5.74, 6) is 0.454. The summed E-state index contributed by atoms with van der Waals surface area (Å²) in [5, 5.41) is 0. The number of ketones is 1. The van der Waals surface area contributed by atoms with Gasteiger partial charge in [0.1, 0.15) is 5.78 Å². The number of rotatable bonds is 1. The van der Waals surface area contributed by atoms with Crippen molar-refractivity contribution in [2.24, 2.45) is 11.3 Å². The lowest BCUT2D eigenvalue weighted by molar-refractivity contribution is -0.143. The summed E-state index contributed by atoms with van der Waals surface area (Å²) in [5.41, 5.74) is -0.358. The van der Waals surface area contributed by atoms with E-state index in [1.165, 1.54) is 0 Å². The molecule has 14 heavy (non-hydrogen) atoms. The molecule has 1 saturated heterocycles. The van der Waals surface area contributed by atoms with Crippen molar-refractivity contribution in [2.45, 2.75) is 34.1 Å². The molecule has 3 nitrogen and oxygen atoms in total. The molecule has 0 aromatic rings. The van der Waals surface area contributed by atoms with Crippen LogP contribution in [0.3, 0.4) is 0 Å². The molecule has 1 aliphatic heterocycles. The van der Waals surface area contributed by atoms with Crippen LogP contribution >= 0.6 is 0 Å². The van der Waals surface area contributed by atoms with Crippen molar-refractivity contribution in [3.05, 3.63) is 0 Å². The van der Waals surface area contributed by atoms with Crippen LogP contribution in [0.15, 0.2) is 0 Å². The predicted molar refractivity (Wildman–Crippen MR) is 54.8 cm³/mol. The highest BCUT2D eigenvalue weighted by Gasteiger charge is 2.36. The van der Waals surface area contributed by atoms with E-state index in [0.717, 1.165) is 0 Å². The van der Waals surface area contributed by atoms with Gasteiger partial charge in [0.15, 0.2) is 0 Å². The van der Waals surface area contributed by atoms with E-state index in [1.807, 2.05) is 32.6 Å². The Balaban J connectivity index is 2.69. The number of likely N-dealkylation sites (tertiary alicyclic amines) is 1. The molecule has 1 heterocycles. The Morgan fingerprint density at radius 1 is 1.43 bits per heavy atom. The Kier molecular flexibility index (Phi) is 2.98. The van der Waals surface area contributed by atoms with E-state index in [4.69, 9.17) is 0 Å².